The van der Waals surface area contributed by atoms with E-state index in [1.807, 2.05) is 24.2 Å². The van der Waals surface area contributed by atoms with E-state index in [9.17, 15) is 30.0 Å². The summed E-state index contributed by atoms with van der Waals surface area (Å²) in [4.78, 5) is 43.4. The number of amides is 1. The molecule has 1 amide bonds. The number of aliphatic hydroxyl groups is 5. The highest BCUT2D eigenvalue weighted by atomic mass is 17.2. The summed E-state index contributed by atoms with van der Waals surface area (Å²) in [7, 11) is 1.82. The second-order valence-corrected chi connectivity index (χ2v) is 13.2. The minimum atomic E-state index is -1.83. The molecule has 7 atom stereocenters. The van der Waals surface area contributed by atoms with Crippen molar-refractivity contribution in [2.75, 3.05) is 44.8 Å². The van der Waals surface area contributed by atoms with Crippen molar-refractivity contribution in [1.29, 1.82) is 0 Å². The summed E-state index contributed by atoms with van der Waals surface area (Å²) in [6.07, 6.45) is -0.0166. The third-order valence-corrected chi connectivity index (χ3v) is 9.75. The van der Waals surface area contributed by atoms with Crippen LogP contribution in [0.1, 0.15) is 37.0 Å². The van der Waals surface area contributed by atoms with Gasteiger partial charge in [-0.25, -0.2) is 9.78 Å². The van der Waals surface area contributed by atoms with Crippen LogP contribution >= 0.6 is 0 Å². The number of ether oxygens (including phenoxy) is 1. The Kier molecular flexibility index (Phi) is 10.5. The zero-order valence-electron chi connectivity index (χ0n) is 27.5. The predicted octanol–water partition coefficient (Wildman–Crippen LogP) is -0.274. The first kappa shape index (κ1) is 35.2. The van der Waals surface area contributed by atoms with Gasteiger partial charge < -0.3 is 50.2 Å². The predicted molar refractivity (Wildman–Crippen MR) is 177 cm³/mol. The van der Waals surface area contributed by atoms with Crippen molar-refractivity contribution in [2.24, 2.45) is 10.9 Å². The van der Waals surface area contributed by atoms with Gasteiger partial charge in [-0.3, -0.25) is 14.6 Å². The Morgan fingerprint density at radius 1 is 1.14 bits per heavy atom. The molecule has 1 saturated heterocycles. The smallest absolute Gasteiger partial charge is 0.220 e. The molecule has 4 aliphatic rings. The van der Waals surface area contributed by atoms with Crippen molar-refractivity contribution in [2.45, 2.75) is 75.1 Å². The molecule has 266 valence electrons. The van der Waals surface area contributed by atoms with Gasteiger partial charge in [0, 0.05) is 55.4 Å². The summed E-state index contributed by atoms with van der Waals surface area (Å²) in [5.74, 6) is 1.04. The van der Waals surface area contributed by atoms with Gasteiger partial charge in [0.05, 0.1) is 24.2 Å². The first-order valence-electron chi connectivity index (χ1n) is 16.6. The first-order valence-corrected chi connectivity index (χ1v) is 16.6. The van der Waals surface area contributed by atoms with Gasteiger partial charge in [0.1, 0.15) is 54.2 Å². The molecule has 4 aliphatic heterocycles. The van der Waals surface area contributed by atoms with E-state index in [4.69, 9.17) is 24.0 Å². The van der Waals surface area contributed by atoms with Gasteiger partial charge in [0.15, 0.2) is 16.8 Å². The molecule has 2 aromatic rings. The van der Waals surface area contributed by atoms with Crippen molar-refractivity contribution in [3.05, 3.63) is 57.7 Å². The van der Waals surface area contributed by atoms with Crippen LogP contribution in [0.25, 0.3) is 11.0 Å². The highest BCUT2D eigenvalue weighted by Crippen LogP contribution is 2.49. The largest absolute Gasteiger partial charge is 0.482 e. The van der Waals surface area contributed by atoms with Crippen molar-refractivity contribution in [3.8, 4) is 5.75 Å². The molecule has 1 aromatic carbocycles. The lowest BCUT2D eigenvalue weighted by molar-refractivity contribution is -0.362. The number of fused-ring (bicyclic) bond motifs is 3. The number of aliphatic imine (C=N–C) groups is 1. The maximum Gasteiger partial charge on any atom is 0.220 e. The zero-order chi connectivity index (χ0) is 34.9. The molecule has 1 fully saturated rings. The quantitative estimate of drug-likeness (QED) is 0.0951. The molecule has 5 heterocycles. The van der Waals surface area contributed by atoms with Gasteiger partial charge in [-0.15, -0.1) is 0 Å². The van der Waals surface area contributed by atoms with E-state index in [0.29, 0.717) is 79.0 Å². The van der Waals surface area contributed by atoms with Crippen LogP contribution in [-0.2, 0) is 21.0 Å². The zero-order valence-corrected chi connectivity index (χ0v) is 27.5. The SMILES string of the molecule is CNCCC1(CCC2CNC(=O)C2)Oc2c(cc3c(=O)cc(C)oc3c2N2C=C3C=CN=C3C2)CC1OOCC(O)C(O)C(O)C(O)CO. The molecule has 7 N–H and O–H groups in total. The van der Waals surface area contributed by atoms with Gasteiger partial charge >= 0.3 is 0 Å². The number of aryl methyl sites for hydroxylation is 1. The van der Waals surface area contributed by atoms with E-state index >= 15 is 0 Å². The third kappa shape index (κ3) is 7.16. The van der Waals surface area contributed by atoms with Crippen molar-refractivity contribution in [1.82, 2.24) is 10.6 Å². The lowest BCUT2D eigenvalue weighted by Crippen LogP contribution is -2.55. The number of carbonyl (C=O) groups is 1. The molecular weight excluding hydrogens is 640 g/mol. The normalized spacial score (nSPS) is 25.4. The number of allylic oxidation sites excluding steroid dienone is 1. The van der Waals surface area contributed by atoms with Gasteiger partial charge in [-0.2, -0.15) is 0 Å². The Hall–Kier alpha value is -3.67. The number of hydrogen-bond acceptors (Lipinski definition) is 14. The molecule has 7 unspecified atom stereocenters. The number of anilines is 1. The van der Waals surface area contributed by atoms with Crippen molar-refractivity contribution >= 4 is 28.3 Å². The lowest BCUT2D eigenvalue weighted by Gasteiger charge is -2.45. The Balaban J connectivity index is 1.38. The van der Waals surface area contributed by atoms with Gasteiger partial charge in [0.2, 0.25) is 5.91 Å². The second-order valence-electron chi connectivity index (χ2n) is 13.2. The summed E-state index contributed by atoms with van der Waals surface area (Å²) >= 11 is 0. The summed E-state index contributed by atoms with van der Waals surface area (Å²) in [6, 6.07) is 3.18. The molecular formula is C34H44N4O11. The number of rotatable bonds is 15. The fourth-order valence-electron chi connectivity index (χ4n) is 6.93. The molecule has 1 aromatic heterocycles. The molecule has 0 radical (unpaired) electrons. The summed E-state index contributed by atoms with van der Waals surface area (Å²) < 4.78 is 13.3. The van der Waals surface area contributed by atoms with E-state index in [2.05, 4.69) is 15.6 Å². The highest BCUT2D eigenvalue weighted by Gasteiger charge is 2.49. The van der Waals surface area contributed by atoms with E-state index in [1.54, 1.807) is 19.2 Å². The standard InChI is InChI=1S/C34H44N4O11/c1-18-9-24(40)22-11-21-12-27(49-46-17-26(42)31(45)30(44)25(41)16-39)34(6-8-35-2,5-3-19-10-28(43)37-13-19)48-32(21)29(33(22)47-18)38-14-20-4-7-36-23(20)15-38/h4,7,9,11,14,19,25-27,30-31,35,39,41-42,44-45H,3,5-6,8,10,12-13,15-17H2,1-2H3,(H,37,43). The molecule has 15 nitrogen and oxygen atoms in total. The fraction of sp³-hybridized carbons (Fsp3) is 0.559. The van der Waals surface area contributed by atoms with E-state index in [-0.39, 0.29) is 23.7 Å². The van der Waals surface area contributed by atoms with Crippen LogP contribution in [0.4, 0.5) is 5.69 Å². The highest BCUT2D eigenvalue weighted by molar-refractivity contribution is 6.12. The fourth-order valence-corrected chi connectivity index (χ4v) is 6.93. The topological polar surface area (TPSA) is 216 Å². The Morgan fingerprint density at radius 2 is 1.94 bits per heavy atom. The molecule has 0 bridgehead atoms. The minimum absolute atomic E-state index is 0.00916. The van der Waals surface area contributed by atoms with Crippen LogP contribution in [0.5, 0.6) is 5.75 Å². The van der Waals surface area contributed by atoms with Crippen LogP contribution in [-0.4, -0.2) is 113 Å². The van der Waals surface area contributed by atoms with Crippen LogP contribution in [0.2, 0.25) is 0 Å². The number of nitrogens with one attached hydrogen (secondary N) is 2. The van der Waals surface area contributed by atoms with Crippen LogP contribution in [0.3, 0.4) is 0 Å². The van der Waals surface area contributed by atoms with Gasteiger partial charge in [-0.05, 0) is 51.4 Å². The van der Waals surface area contributed by atoms with E-state index < -0.39 is 49.3 Å². The van der Waals surface area contributed by atoms with Crippen molar-refractivity contribution < 1.29 is 49.3 Å². The number of benzene rings is 1. The van der Waals surface area contributed by atoms with Crippen LogP contribution in [0, 0.1) is 12.8 Å². The number of nitrogens with zero attached hydrogens (tertiary/aromatic N) is 2. The van der Waals surface area contributed by atoms with Crippen LogP contribution in [0.15, 0.2) is 50.4 Å². The number of aliphatic hydroxyl groups excluding tert-OH is 5. The van der Waals surface area contributed by atoms with E-state index in [0.717, 1.165) is 11.3 Å². The minimum Gasteiger partial charge on any atom is -0.482 e. The first-order chi connectivity index (χ1) is 23.5. The average Bonchev–Trinajstić information content (AvgIpc) is 3.81. The Bertz CT molecular complexity index is 1710. The third-order valence-electron chi connectivity index (χ3n) is 9.75. The molecule has 49 heavy (non-hydrogen) atoms. The maximum atomic E-state index is 13.3. The Morgan fingerprint density at radius 3 is 2.65 bits per heavy atom. The number of hydrogen-bond donors (Lipinski definition) is 7. The molecule has 6 rings (SSSR count). The molecule has 0 aliphatic carbocycles. The molecule has 15 heteroatoms. The number of carbonyl (C=O) groups excluding carboxylic acids is 1. The van der Waals surface area contributed by atoms with Crippen molar-refractivity contribution in [3.63, 3.8) is 0 Å². The lowest BCUT2D eigenvalue weighted by atomic mass is 9.79. The Labute approximate surface area is 282 Å². The molecule has 0 spiro atoms. The summed E-state index contributed by atoms with van der Waals surface area (Å²) in [5.41, 5.74) is 2.21. The second kappa shape index (κ2) is 14.7. The van der Waals surface area contributed by atoms with Gasteiger partial charge in [0.25, 0.3) is 0 Å². The molecule has 0 saturated carbocycles. The van der Waals surface area contributed by atoms with E-state index in [1.165, 1.54) is 6.07 Å². The summed E-state index contributed by atoms with van der Waals surface area (Å²) in [6.45, 7) is 1.84. The monoisotopic (exact) mass is 684 g/mol. The van der Waals surface area contributed by atoms with Gasteiger partial charge in [-0.1, -0.05) is 0 Å². The van der Waals surface area contributed by atoms with Crippen LogP contribution < -0.4 is 25.7 Å². The maximum absolute atomic E-state index is 13.3. The summed E-state index contributed by atoms with van der Waals surface area (Å²) in [5, 5.41) is 56.1. The average molecular weight is 685 g/mol.